The van der Waals surface area contributed by atoms with Gasteiger partial charge in [-0.3, -0.25) is 4.79 Å². The van der Waals surface area contributed by atoms with Crippen LogP contribution in [-0.4, -0.2) is 173 Å². The molecule has 2 rings (SSSR count). The molecule has 2 aliphatic rings. The van der Waals surface area contributed by atoms with Crippen molar-refractivity contribution >= 4 is 5.78 Å². The summed E-state index contributed by atoms with van der Waals surface area (Å²) in [7, 11) is 0. The zero-order valence-corrected chi connectivity index (χ0v) is 17.7. The Hall–Kier alpha value is -0.930. The van der Waals surface area contributed by atoms with Gasteiger partial charge in [0, 0.05) is 0 Å². The van der Waals surface area contributed by atoms with E-state index in [1.807, 2.05) is 0 Å². The van der Waals surface area contributed by atoms with Gasteiger partial charge in [0.05, 0.1) is 19.8 Å². The molecule has 0 aliphatic carbocycles. The molecule has 2 saturated heterocycles. The third kappa shape index (κ3) is 6.06. The lowest BCUT2D eigenvalue weighted by molar-refractivity contribution is -0.306. The van der Waals surface area contributed by atoms with E-state index in [0.717, 1.165) is 0 Å². The molecule has 12 N–H and O–H groups in total. The molecule has 0 bridgehead atoms. The van der Waals surface area contributed by atoms with Gasteiger partial charge in [0.1, 0.15) is 79.4 Å². The summed E-state index contributed by atoms with van der Waals surface area (Å²) in [6.07, 6.45) is -26.6. The first-order valence-corrected chi connectivity index (χ1v) is 10.4. The van der Waals surface area contributed by atoms with Crippen LogP contribution in [0.1, 0.15) is 0 Å². The minimum Gasteiger partial charge on any atom is -0.394 e. The molecule has 0 saturated carbocycles. The summed E-state index contributed by atoms with van der Waals surface area (Å²) < 4.78 is 15.0. The molecule has 0 aromatic carbocycles. The summed E-state index contributed by atoms with van der Waals surface area (Å²) >= 11 is 0. The van der Waals surface area contributed by atoms with E-state index in [2.05, 4.69) is 0 Å². The van der Waals surface area contributed by atoms with Gasteiger partial charge in [-0.15, -0.1) is 0 Å². The van der Waals surface area contributed by atoms with Crippen LogP contribution in [0.4, 0.5) is 0 Å². The van der Waals surface area contributed by atoms with E-state index < -0.39 is 111 Å². The smallest absolute Gasteiger partial charge is 0.195 e. The first kappa shape index (κ1) is 29.3. The second-order valence-electron chi connectivity index (χ2n) is 8.18. The summed E-state index contributed by atoms with van der Waals surface area (Å²) in [5.41, 5.74) is 0. The SMILES string of the molecule is O=C(C(O)C(O)C(O)C(O)CO[C@H]1O[C@H](CO)[C@@H](O)[C@H](O)[C@H]1O)[C@H]1O[C@H](CO)[C@@H](O)[C@H](O)[C@H]1O. The van der Waals surface area contributed by atoms with Crippen molar-refractivity contribution in [3.8, 4) is 0 Å². The van der Waals surface area contributed by atoms with Gasteiger partial charge in [-0.05, 0) is 0 Å². The summed E-state index contributed by atoms with van der Waals surface area (Å²) in [6, 6.07) is 0. The van der Waals surface area contributed by atoms with Crippen molar-refractivity contribution < 1.29 is 80.3 Å². The lowest BCUT2D eigenvalue weighted by Crippen LogP contribution is -2.63. The van der Waals surface area contributed by atoms with Crippen molar-refractivity contribution in [1.82, 2.24) is 0 Å². The maximum Gasteiger partial charge on any atom is 0.195 e. The van der Waals surface area contributed by atoms with Crippen LogP contribution >= 0.6 is 0 Å². The first-order chi connectivity index (χ1) is 15.9. The Balaban J connectivity index is 1.97. The molecule has 16 nitrogen and oxygen atoms in total. The van der Waals surface area contributed by atoms with Gasteiger partial charge in [-0.25, -0.2) is 0 Å². The van der Waals surface area contributed by atoms with Crippen LogP contribution in [0.2, 0.25) is 0 Å². The minimum absolute atomic E-state index is 0.749. The van der Waals surface area contributed by atoms with Crippen LogP contribution < -0.4 is 0 Å². The molecule has 34 heavy (non-hydrogen) atoms. The Morgan fingerprint density at radius 3 is 1.74 bits per heavy atom. The highest BCUT2D eigenvalue weighted by Crippen LogP contribution is 2.25. The van der Waals surface area contributed by atoms with Gasteiger partial charge in [0.25, 0.3) is 0 Å². The van der Waals surface area contributed by atoms with Crippen molar-refractivity contribution in [2.24, 2.45) is 0 Å². The van der Waals surface area contributed by atoms with E-state index in [1.165, 1.54) is 0 Å². The summed E-state index contributed by atoms with van der Waals surface area (Å²) in [5, 5.41) is 117. The van der Waals surface area contributed by atoms with Gasteiger partial charge < -0.3 is 75.5 Å². The number of aliphatic hydroxyl groups excluding tert-OH is 12. The van der Waals surface area contributed by atoms with E-state index in [4.69, 9.17) is 24.4 Å². The summed E-state index contributed by atoms with van der Waals surface area (Å²) in [5.74, 6) is -1.44. The van der Waals surface area contributed by atoms with Gasteiger partial charge in [0.2, 0.25) is 0 Å². The van der Waals surface area contributed by atoms with Crippen molar-refractivity contribution in [3.05, 3.63) is 0 Å². The molecule has 0 radical (unpaired) electrons. The fraction of sp³-hybridized carbons (Fsp3) is 0.944. The molecule has 16 heteroatoms. The molecular formula is C18H32O16. The Morgan fingerprint density at radius 1 is 0.706 bits per heavy atom. The lowest BCUT2D eigenvalue weighted by Gasteiger charge is -2.40. The molecule has 14 atom stereocenters. The molecule has 2 fully saturated rings. The van der Waals surface area contributed by atoms with Crippen LogP contribution in [0.25, 0.3) is 0 Å². The predicted molar refractivity (Wildman–Crippen MR) is 103 cm³/mol. The van der Waals surface area contributed by atoms with E-state index >= 15 is 0 Å². The number of carbonyl (C=O) groups excluding carboxylic acids is 1. The zero-order valence-electron chi connectivity index (χ0n) is 17.7. The van der Waals surface area contributed by atoms with Crippen LogP contribution in [0.5, 0.6) is 0 Å². The normalized spacial score (nSPS) is 42.6. The zero-order chi connectivity index (χ0) is 25.9. The molecular weight excluding hydrogens is 472 g/mol. The lowest BCUT2D eigenvalue weighted by atomic mass is 9.89. The first-order valence-electron chi connectivity index (χ1n) is 10.4. The third-order valence-electron chi connectivity index (χ3n) is 5.81. The number of hydrogen-bond acceptors (Lipinski definition) is 16. The van der Waals surface area contributed by atoms with Gasteiger partial charge in [0.15, 0.2) is 12.1 Å². The number of aliphatic hydroxyl groups is 12. The Labute approximate surface area is 192 Å². The molecule has 0 amide bonds. The minimum atomic E-state index is -2.47. The topological polar surface area (TPSA) is 288 Å². The standard InChI is InChI=1S/C18H32O16/c19-1-5-8(23)11(26)14(29)17(33-5)15(30)13(28)10(25)7(22)4(21)3-32-18-16(31)12(27)9(24)6(2-20)34-18/h4-14,16-29,31H,1-3H2/t4?,5-,6-,7?,8-,9-,10?,11+,12+,13?,14-,16-,17+,18+/m1/s1. The van der Waals surface area contributed by atoms with E-state index in [9.17, 15) is 55.9 Å². The van der Waals surface area contributed by atoms with Crippen LogP contribution in [-0.2, 0) is 19.0 Å². The monoisotopic (exact) mass is 504 g/mol. The molecule has 2 aliphatic heterocycles. The van der Waals surface area contributed by atoms with E-state index in [-0.39, 0.29) is 0 Å². The number of ketones is 1. The maximum atomic E-state index is 12.5. The van der Waals surface area contributed by atoms with E-state index in [1.54, 1.807) is 0 Å². The second-order valence-corrected chi connectivity index (χ2v) is 8.18. The maximum absolute atomic E-state index is 12.5. The highest BCUT2D eigenvalue weighted by molar-refractivity contribution is 5.88. The van der Waals surface area contributed by atoms with Crippen molar-refractivity contribution in [2.75, 3.05) is 19.8 Å². The number of Topliss-reactive ketones (excluding diaryl/α,β-unsaturated/α-hetero) is 1. The molecule has 0 aromatic rings. The Bertz CT molecular complexity index is 647. The van der Waals surface area contributed by atoms with E-state index in [0.29, 0.717) is 0 Å². The second kappa shape index (κ2) is 12.3. The number of ether oxygens (including phenoxy) is 3. The Morgan fingerprint density at radius 2 is 1.21 bits per heavy atom. The highest BCUT2D eigenvalue weighted by Gasteiger charge is 2.50. The number of carbonyl (C=O) groups is 1. The molecule has 0 aromatic heterocycles. The highest BCUT2D eigenvalue weighted by atomic mass is 16.7. The molecule has 4 unspecified atom stereocenters. The van der Waals surface area contributed by atoms with Crippen molar-refractivity contribution in [1.29, 1.82) is 0 Å². The number of hydrogen-bond donors (Lipinski definition) is 12. The van der Waals surface area contributed by atoms with Crippen molar-refractivity contribution in [2.45, 2.75) is 85.6 Å². The molecule has 0 spiro atoms. The molecule has 2 heterocycles. The largest absolute Gasteiger partial charge is 0.394 e. The fourth-order valence-electron chi connectivity index (χ4n) is 3.58. The molecule has 200 valence electrons. The fourth-order valence-corrected chi connectivity index (χ4v) is 3.58. The van der Waals surface area contributed by atoms with Gasteiger partial charge >= 0.3 is 0 Å². The summed E-state index contributed by atoms with van der Waals surface area (Å²) in [6.45, 7) is -2.49. The number of rotatable bonds is 10. The van der Waals surface area contributed by atoms with Crippen LogP contribution in [0.15, 0.2) is 0 Å². The third-order valence-corrected chi connectivity index (χ3v) is 5.81. The van der Waals surface area contributed by atoms with Crippen molar-refractivity contribution in [3.63, 3.8) is 0 Å². The average molecular weight is 504 g/mol. The predicted octanol–water partition coefficient (Wildman–Crippen LogP) is -8.34. The van der Waals surface area contributed by atoms with Crippen LogP contribution in [0, 0.1) is 0 Å². The summed E-state index contributed by atoms with van der Waals surface area (Å²) in [4.78, 5) is 12.5. The van der Waals surface area contributed by atoms with Crippen LogP contribution in [0.3, 0.4) is 0 Å². The van der Waals surface area contributed by atoms with Gasteiger partial charge in [-0.2, -0.15) is 0 Å². The average Bonchev–Trinajstić information content (AvgIpc) is 2.83. The van der Waals surface area contributed by atoms with Gasteiger partial charge in [-0.1, -0.05) is 0 Å². The quantitative estimate of drug-likeness (QED) is 0.131. The Kier molecular flexibility index (Phi) is 10.6.